The standard InChI is InChI=1S/C25H23N7O2/c1-30-24(20(14-28-30)25(34)31-9-7-27-8-10-31)22(33)11-18-12-23-29-21(17-5-3-2-4-6-17)16-32(23)15-19(18)13-26/h2-6,12,14-16,27H,7-11H2,1H3. The molecule has 0 atom stereocenters. The van der Waals surface area contributed by atoms with Crippen molar-refractivity contribution in [1.82, 2.24) is 29.4 Å². The Labute approximate surface area is 196 Å². The molecule has 0 saturated carbocycles. The van der Waals surface area contributed by atoms with Gasteiger partial charge < -0.3 is 14.6 Å². The van der Waals surface area contributed by atoms with Gasteiger partial charge in [-0.05, 0) is 11.6 Å². The monoisotopic (exact) mass is 453 g/mol. The van der Waals surface area contributed by atoms with E-state index in [1.165, 1.54) is 10.9 Å². The summed E-state index contributed by atoms with van der Waals surface area (Å²) in [7, 11) is 1.65. The van der Waals surface area contributed by atoms with Gasteiger partial charge >= 0.3 is 0 Å². The lowest BCUT2D eigenvalue weighted by Gasteiger charge is -2.27. The van der Waals surface area contributed by atoms with Crippen LogP contribution in [0.5, 0.6) is 0 Å². The molecule has 0 radical (unpaired) electrons. The highest BCUT2D eigenvalue weighted by atomic mass is 16.2. The van der Waals surface area contributed by atoms with Crippen molar-refractivity contribution in [3.63, 3.8) is 0 Å². The second-order valence-electron chi connectivity index (χ2n) is 8.25. The van der Waals surface area contributed by atoms with Crippen LogP contribution in [0.25, 0.3) is 16.9 Å². The number of nitriles is 1. The number of carbonyl (C=O) groups excluding carboxylic acids is 2. The molecule has 1 fully saturated rings. The first-order valence-corrected chi connectivity index (χ1v) is 11.1. The van der Waals surface area contributed by atoms with Gasteiger partial charge in [0.05, 0.1) is 23.0 Å². The number of amides is 1. The zero-order valence-electron chi connectivity index (χ0n) is 18.7. The molecule has 1 aliphatic rings. The first-order chi connectivity index (χ1) is 16.5. The number of fused-ring (bicyclic) bond motifs is 1. The largest absolute Gasteiger partial charge is 0.336 e. The first kappa shape index (κ1) is 21.6. The number of rotatable bonds is 5. The summed E-state index contributed by atoms with van der Waals surface area (Å²) < 4.78 is 3.23. The van der Waals surface area contributed by atoms with Gasteiger partial charge in [-0.2, -0.15) is 10.4 Å². The van der Waals surface area contributed by atoms with Gasteiger partial charge in [0.25, 0.3) is 5.91 Å². The van der Waals surface area contributed by atoms with Gasteiger partial charge in [-0.25, -0.2) is 4.98 Å². The van der Waals surface area contributed by atoms with Crippen LogP contribution in [0.3, 0.4) is 0 Å². The Morgan fingerprint density at radius 1 is 1.15 bits per heavy atom. The minimum absolute atomic E-state index is 0.0334. The summed E-state index contributed by atoms with van der Waals surface area (Å²) in [4.78, 5) is 32.8. The van der Waals surface area contributed by atoms with E-state index in [1.807, 2.05) is 36.5 Å². The lowest BCUT2D eigenvalue weighted by Crippen LogP contribution is -2.46. The van der Waals surface area contributed by atoms with Gasteiger partial charge in [-0.3, -0.25) is 14.3 Å². The summed E-state index contributed by atoms with van der Waals surface area (Å²) in [5.74, 6) is -0.469. The van der Waals surface area contributed by atoms with E-state index in [9.17, 15) is 14.9 Å². The lowest BCUT2D eigenvalue weighted by atomic mass is 10.0. The average molecular weight is 454 g/mol. The number of aryl methyl sites for hydroxylation is 1. The Hall–Kier alpha value is -4.29. The fraction of sp³-hybridized carbons (Fsp3) is 0.240. The molecule has 4 aromatic rings. The topological polar surface area (TPSA) is 108 Å². The molecule has 0 unspecified atom stereocenters. The third-order valence-electron chi connectivity index (χ3n) is 6.06. The molecule has 0 spiro atoms. The minimum Gasteiger partial charge on any atom is -0.336 e. The van der Waals surface area contributed by atoms with Crippen molar-refractivity contribution in [2.45, 2.75) is 6.42 Å². The molecule has 1 aromatic carbocycles. The third kappa shape index (κ3) is 3.95. The smallest absolute Gasteiger partial charge is 0.257 e. The van der Waals surface area contributed by atoms with E-state index >= 15 is 0 Å². The van der Waals surface area contributed by atoms with Gasteiger partial charge in [0, 0.05) is 57.6 Å². The van der Waals surface area contributed by atoms with Crippen molar-refractivity contribution in [3.05, 3.63) is 77.4 Å². The first-order valence-electron chi connectivity index (χ1n) is 11.1. The van der Waals surface area contributed by atoms with E-state index in [4.69, 9.17) is 0 Å². The Balaban J connectivity index is 1.46. The van der Waals surface area contributed by atoms with E-state index in [0.717, 1.165) is 24.3 Å². The zero-order chi connectivity index (χ0) is 23.7. The number of hydrogen-bond acceptors (Lipinski definition) is 6. The molecule has 34 heavy (non-hydrogen) atoms. The number of piperazine rings is 1. The van der Waals surface area contributed by atoms with Crippen molar-refractivity contribution in [2.75, 3.05) is 26.2 Å². The summed E-state index contributed by atoms with van der Waals surface area (Å²) in [5, 5.41) is 17.1. The number of imidazole rings is 1. The van der Waals surface area contributed by atoms with Gasteiger partial charge in [-0.1, -0.05) is 30.3 Å². The maximum absolute atomic E-state index is 13.4. The van der Waals surface area contributed by atoms with Crippen LogP contribution >= 0.6 is 0 Å². The Kier molecular flexibility index (Phi) is 5.65. The number of Topliss-reactive ketones (excluding diaryl/α,β-unsaturated/α-hetero) is 1. The number of benzene rings is 1. The van der Waals surface area contributed by atoms with E-state index in [0.29, 0.717) is 35.4 Å². The second kappa shape index (κ2) is 8.92. The van der Waals surface area contributed by atoms with Crippen LogP contribution in [0, 0.1) is 11.3 Å². The molecule has 5 rings (SSSR count). The molecule has 1 N–H and O–H groups in total. The molecule has 0 aliphatic carbocycles. The number of aromatic nitrogens is 4. The average Bonchev–Trinajstić information content (AvgIpc) is 3.47. The van der Waals surface area contributed by atoms with Crippen LogP contribution < -0.4 is 5.32 Å². The Morgan fingerprint density at radius 2 is 1.91 bits per heavy atom. The van der Waals surface area contributed by atoms with E-state index in [2.05, 4.69) is 21.5 Å². The molecule has 1 amide bonds. The van der Waals surface area contributed by atoms with Crippen LogP contribution in [-0.4, -0.2) is 61.9 Å². The van der Waals surface area contributed by atoms with E-state index in [-0.39, 0.29) is 23.8 Å². The van der Waals surface area contributed by atoms with Crippen molar-refractivity contribution >= 4 is 17.3 Å². The van der Waals surface area contributed by atoms with Crippen molar-refractivity contribution in [3.8, 4) is 17.3 Å². The van der Waals surface area contributed by atoms with Crippen LogP contribution in [-0.2, 0) is 13.5 Å². The molecule has 4 heterocycles. The third-order valence-corrected chi connectivity index (χ3v) is 6.06. The van der Waals surface area contributed by atoms with Gasteiger partial charge in [0.15, 0.2) is 5.78 Å². The van der Waals surface area contributed by atoms with E-state index < -0.39 is 0 Å². The SMILES string of the molecule is Cn1ncc(C(=O)N2CCNCC2)c1C(=O)Cc1cc2nc(-c3ccccc3)cn2cc1C#N. The number of carbonyl (C=O) groups is 2. The lowest BCUT2D eigenvalue weighted by molar-refractivity contribution is 0.0730. The highest BCUT2D eigenvalue weighted by Crippen LogP contribution is 2.22. The zero-order valence-corrected chi connectivity index (χ0v) is 18.7. The second-order valence-corrected chi connectivity index (χ2v) is 8.25. The van der Waals surface area contributed by atoms with Crippen LogP contribution in [0.1, 0.15) is 32.0 Å². The number of pyridine rings is 1. The summed E-state index contributed by atoms with van der Waals surface area (Å²) in [5.41, 5.74) is 3.88. The molecule has 1 aliphatic heterocycles. The van der Waals surface area contributed by atoms with E-state index in [1.54, 1.807) is 28.6 Å². The molecule has 9 nitrogen and oxygen atoms in total. The number of ketones is 1. The molecule has 0 bridgehead atoms. The number of nitrogens with one attached hydrogen (secondary N) is 1. The molecule has 170 valence electrons. The summed E-state index contributed by atoms with van der Waals surface area (Å²) in [6.07, 6.45) is 4.97. The predicted octanol–water partition coefficient (Wildman–Crippen LogP) is 2.08. The minimum atomic E-state index is -0.269. The maximum Gasteiger partial charge on any atom is 0.257 e. The number of nitrogens with zero attached hydrogens (tertiary/aromatic N) is 6. The maximum atomic E-state index is 13.4. The van der Waals surface area contributed by atoms with Crippen LogP contribution in [0.2, 0.25) is 0 Å². The number of hydrogen-bond donors (Lipinski definition) is 1. The molecular formula is C25H23N7O2. The highest BCUT2D eigenvalue weighted by molar-refractivity contribution is 6.07. The summed E-state index contributed by atoms with van der Waals surface area (Å²) in [6, 6.07) is 13.7. The van der Waals surface area contributed by atoms with Gasteiger partial charge in [0.1, 0.15) is 17.4 Å². The van der Waals surface area contributed by atoms with Crippen molar-refractivity contribution < 1.29 is 9.59 Å². The summed E-state index contributed by atoms with van der Waals surface area (Å²) >= 11 is 0. The fourth-order valence-electron chi connectivity index (χ4n) is 4.29. The Morgan fingerprint density at radius 3 is 2.65 bits per heavy atom. The normalized spacial score (nSPS) is 13.7. The predicted molar refractivity (Wildman–Crippen MR) is 125 cm³/mol. The van der Waals surface area contributed by atoms with Crippen molar-refractivity contribution in [2.24, 2.45) is 7.05 Å². The van der Waals surface area contributed by atoms with Crippen LogP contribution in [0.15, 0.2) is 55.0 Å². The van der Waals surface area contributed by atoms with Crippen LogP contribution in [0.4, 0.5) is 0 Å². The van der Waals surface area contributed by atoms with Gasteiger partial charge in [0.2, 0.25) is 0 Å². The molecular weight excluding hydrogens is 430 g/mol. The summed E-state index contributed by atoms with van der Waals surface area (Å²) in [6.45, 7) is 2.60. The molecule has 3 aromatic heterocycles. The Bertz CT molecular complexity index is 1420. The van der Waals surface area contributed by atoms with Crippen molar-refractivity contribution in [1.29, 1.82) is 5.26 Å². The molecule has 9 heteroatoms. The highest BCUT2D eigenvalue weighted by Gasteiger charge is 2.27. The quantitative estimate of drug-likeness (QED) is 0.464. The fourth-order valence-corrected chi connectivity index (χ4v) is 4.29. The molecule has 1 saturated heterocycles. The van der Waals surface area contributed by atoms with Gasteiger partial charge in [-0.15, -0.1) is 0 Å².